The van der Waals surface area contributed by atoms with Crippen molar-refractivity contribution < 1.29 is 37.8 Å². The minimum absolute atomic E-state index is 0.103. The third-order valence-electron chi connectivity index (χ3n) is 6.50. The van der Waals surface area contributed by atoms with Crippen molar-refractivity contribution in [3.05, 3.63) is 47.4 Å². The summed E-state index contributed by atoms with van der Waals surface area (Å²) in [5.74, 6) is -0.910. The number of fused-ring (bicyclic) bond motifs is 1. The molecule has 0 spiro atoms. The lowest BCUT2D eigenvalue weighted by atomic mass is 9.83. The number of rotatable bonds is 7. The quantitative estimate of drug-likeness (QED) is 0.240. The zero-order valence-electron chi connectivity index (χ0n) is 19.5. The topological polar surface area (TPSA) is 155 Å². The van der Waals surface area contributed by atoms with Crippen molar-refractivity contribution in [2.75, 3.05) is 5.73 Å². The number of anilines is 1. The number of carbonyl (C=O) groups excluding carboxylic acids is 1. The van der Waals surface area contributed by atoms with Crippen LogP contribution in [0.25, 0.3) is 16.9 Å². The summed E-state index contributed by atoms with van der Waals surface area (Å²) in [5, 5.41) is 31.1. The number of amides is 1. The van der Waals surface area contributed by atoms with Crippen LogP contribution in [-0.2, 0) is 10.3 Å². The van der Waals surface area contributed by atoms with E-state index in [1.807, 2.05) is 0 Å². The highest BCUT2D eigenvalue weighted by Crippen LogP contribution is 2.40. The highest BCUT2D eigenvalue weighted by molar-refractivity contribution is 6.32. The van der Waals surface area contributed by atoms with Crippen molar-refractivity contribution in [3.8, 4) is 11.3 Å². The fourth-order valence-corrected chi connectivity index (χ4v) is 4.02. The van der Waals surface area contributed by atoms with Crippen molar-refractivity contribution in [1.29, 1.82) is 0 Å². The molecule has 6 N–H and O–H groups in total. The molecule has 0 bridgehead atoms. The number of hydrogen-bond acceptors (Lipinski definition) is 8. The SMILES string of the molecule is Cc1ccc(C(C)(O)C(F)(F)F)cc1-c1cnc2c(N)nc(C(=O)N[C@@H](OB(O)O)C3CCC3)cn12. The van der Waals surface area contributed by atoms with Gasteiger partial charge in [0.15, 0.2) is 17.1 Å². The molecule has 1 aliphatic rings. The highest BCUT2D eigenvalue weighted by Gasteiger charge is 2.51. The van der Waals surface area contributed by atoms with Gasteiger partial charge in [0.1, 0.15) is 11.9 Å². The molecule has 0 aliphatic heterocycles. The van der Waals surface area contributed by atoms with E-state index in [9.17, 15) is 33.1 Å². The van der Waals surface area contributed by atoms with Crippen molar-refractivity contribution in [2.24, 2.45) is 5.92 Å². The number of nitrogens with one attached hydrogen (secondary N) is 1. The molecule has 14 heteroatoms. The Morgan fingerprint density at radius 2 is 2.03 bits per heavy atom. The minimum atomic E-state index is -4.90. The molecule has 2 atom stereocenters. The van der Waals surface area contributed by atoms with Gasteiger partial charge in [0.2, 0.25) is 0 Å². The van der Waals surface area contributed by atoms with Gasteiger partial charge in [-0.15, -0.1) is 0 Å². The number of nitrogens with two attached hydrogens (primary N) is 1. The molecule has 0 saturated heterocycles. The van der Waals surface area contributed by atoms with Gasteiger partial charge in [0.05, 0.1) is 11.9 Å². The van der Waals surface area contributed by atoms with Crippen LogP contribution in [0.5, 0.6) is 0 Å². The molecule has 1 fully saturated rings. The lowest BCUT2D eigenvalue weighted by Gasteiger charge is -2.34. The van der Waals surface area contributed by atoms with Gasteiger partial charge < -0.3 is 30.9 Å². The molecular weight excluding hydrogens is 482 g/mol. The molecule has 192 valence electrons. The Bertz CT molecular complexity index is 1290. The molecule has 36 heavy (non-hydrogen) atoms. The van der Waals surface area contributed by atoms with E-state index in [1.54, 1.807) is 6.92 Å². The lowest BCUT2D eigenvalue weighted by molar-refractivity contribution is -0.258. The number of hydrogen-bond donors (Lipinski definition) is 5. The molecule has 3 aromatic rings. The van der Waals surface area contributed by atoms with E-state index in [1.165, 1.54) is 35.0 Å². The van der Waals surface area contributed by atoms with Crippen LogP contribution in [0.2, 0.25) is 0 Å². The molecule has 10 nitrogen and oxygen atoms in total. The first-order valence-electron chi connectivity index (χ1n) is 11.2. The Morgan fingerprint density at radius 1 is 1.33 bits per heavy atom. The van der Waals surface area contributed by atoms with Crippen molar-refractivity contribution in [1.82, 2.24) is 19.7 Å². The fraction of sp³-hybridized carbons (Fsp3) is 0.409. The van der Waals surface area contributed by atoms with Crippen LogP contribution in [0.3, 0.4) is 0 Å². The average molecular weight is 507 g/mol. The third-order valence-corrected chi connectivity index (χ3v) is 6.50. The second kappa shape index (κ2) is 9.35. The molecule has 0 radical (unpaired) electrons. The molecule has 1 saturated carbocycles. The summed E-state index contributed by atoms with van der Waals surface area (Å²) in [6, 6.07) is 3.86. The van der Waals surface area contributed by atoms with Gasteiger partial charge in [0.25, 0.3) is 5.91 Å². The van der Waals surface area contributed by atoms with Crippen LogP contribution in [0.4, 0.5) is 19.0 Å². The number of aryl methyl sites for hydroxylation is 1. The molecule has 1 amide bonds. The smallest absolute Gasteiger partial charge is 0.402 e. The van der Waals surface area contributed by atoms with Crippen LogP contribution in [0, 0.1) is 12.8 Å². The van der Waals surface area contributed by atoms with Crippen molar-refractivity contribution in [2.45, 2.75) is 51.1 Å². The number of imidazole rings is 1. The summed E-state index contributed by atoms with van der Waals surface area (Å²) in [6.45, 7) is 2.35. The average Bonchev–Trinajstić information content (AvgIpc) is 3.15. The van der Waals surface area contributed by atoms with Gasteiger partial charge in [-0.2, -0.15) is 13.2 Å². The number of carbonyl (C=O) groups is 1. The van der Waals surface area contributed by atoms with E-state index in [0.29, 0.717) is 23.7 Å². The monoisotopic (exact) mass is 507 g/mol. The molecule has 2 aromatic heterocycles. The Morgan fingerprint density at radius 3 is 2.61 bits per heavy atom. The molecule has 1 aromatic carbocycles. The Labute approximate surface area is 204 Å². The molecule has 1 unspecified atom stereocenters. The predicted octanol–water partition coefficient (Wildman–Crippen LogP) is 1.90. The number of aliphatic hydroxyl groups is 1. The van der Waals surface area contributed by atoms with Gasteiger partial charge in [-0.05, 0) is 43.9 Å². The molecular formula is C22H25BF3N5O5. The number of alkyl halides is 3. The standard InChI is InChI=1S/C22H25BF3N5O5/c1-11-6-7-13(21(2,33)22(24,25)26)8-14(11)16-9-28-18-17(27)29-15(10-31(16)18)19(32)30-20(36-23(34)35)12-4-3-5-12/h6-10,12,20,33-35H,3-5H2,1-2H3,(H2,27,29)(H,30,32)/t20-,21?/m0/s1. The van der Waals surface area contributed by atoms with E-state index < -0.39 is 31.2 Å². The van der Waals surface area contributed by atoms with Gasteiger partial charge in [-0.25, -0.2) is 9.97 Å². The van der Waals surface area contributed by atoms with E-state index >= 15 is 0 Å². The molecule has 1 aliphatic carbocycles. The first-order chi connectivity index (χ1) is 16.8. The summed E-state index contributed by atoms with van der Waals surface area (Å²) in [4.78, 5) is 21.2. The van der Waals surface area contributed by atoms with E-state index in [0.717, 1.165) is 19.3 Å². The Balaban J connectivity index is 1.73. The fourth-order valence-electron chi connectivity index (χ4n) is 4.02. The number of halogens is 3. The summed E-state index contributed by atoms with van der Waals surface area (Å²) in [6.07, 6.45) is -0.784. The zero-order valence-corrected chi connectivity index (χ0v) is 19.5. The number of aromatic nitrogens is 3. The number of nitrogens with zero attached hydrogens (tertiary/aromatic N) is 3. The summed E-state index contributed by atoms with van der Waals surface area (Å²) < 4.78 is 46.7. The second-order valence-corrected chi connectivity index (χ2v) is 9.00. The van der Waals surface area contributed by atoms with Crippen LogP contribution in [-0.4, -0.2) is 55.2 Å². The van der Waals surface area contributed by atoms with Gasteiger partial charge in [-0.3, -0.25) is 9.20 Å². The van der Waals surface area contributed by atoms with Crippen LogP contribution in [0.15, 0.2) is 30.6 Å². The van der Waals surface area contributed by atoms with Crippen molar-refractivity contribution >= 4 is 24.7 Å². The summed E-state index contributed by atoms with van der Waals surface area (Å²) >= 11 is 0. The maximum atomic E-state index is 13.4. The third kappa shape index (κ3) is 4.76. The number of nitrogen functional groups attached to an aromatic ring is 1. The highest BCUT2D eigenvalue weighted by atomic mass is 19.4. The van der Waals surface area contributed by atoms with Crippen LogP contribution < -0.4 is 11.1 Å². The Hall–Kier alpha value is -3.20. The maximum Gasteiger partial charge on any atom is 0.635 e. The van der Waals surface area contributed by atoms with Gasteiger partial charge >= 0.3 is 13.5 Å². The Kier molecular flexibility index (Phi) is 6.73. The molecule has 2 heterocycles. The zero-order chi connectivity index (χ0) is 26.4. The lowest BCUT2D eigenvalue weighted by Crippen LogP contribution is -2.47. The first kappa shape index (κ1) is 25.9. The minimum Gasteiger partial charge on any atom is -0.402 e. The summed E-state index contributed by atoms with van der Waals surface area (Å²) in [7, 11) is -2.08. The van der Waals surface area contributed by atoms with E-state index in [-0.39, 0.29) is 28.6 Å². The summed E-state index contributed by atoms with van der Waals surface area (Å²) in [5.41, 5.74) is 3.84. The van der Waals surface area contributed by atoms with Gasteiger partial charge in [0, 0.05) is 17.7 Å². The molecule has 4 rings (SSSR count). The van der Waals surface area contributed by atoms with Gasteiger partial charge in [-0.1, -0.05) is 18.6 Å². The normalized spacial score (nSPS) is 16.9. The second-order valence-electron chi connectivity index (χ2n) is 9.00. The van der Waals surface area contributed by atoms with E-state index in [2.05, 4.69) is 15.3 Å². The maximum absolute atomic E-state index is 13.4. The van der Waals surface area contributed by atoms with Crippen LogP contribution >= 0.6 is 0 Å². The first-order valence-corrected chi connectivity index (χ1v) is 11.2. The van der Waals surface area contributed by atoms with E-state index in [4.69, 9.17) is 10.4 Å². The van der Waals surface area contributed by atoms with Crippen molar-refractivity contribution in [3.63, 3.8) is 0 Å². The largest absolute Gasteiger partial charge is 0.635 e. The number of benzene rings is 1. The predicted molar refractivity (Wildman–Crippen MR) is 123 cm³/mol. The van der Waals surface area contributed by atoms with Crippen LogP contribution in [0.1, 0.15) is 47.8 Å².